The second kappa shape index (κ2) is 10.2. The topological polar surface area (TPSA) is 169 Å². The van der Waals surface area contributed by atoms with Crippen molar-refractivity contribution in [2.75, 3.05) is 26.2 Å². The molecule has 0 saturated heterocycles. The predicted octanol–water partition coefficient (Wildman–Crippen LogP) is -0.668. The van der Waals surface area contributed by atoms with E-state index in [4.69, 9.17) is 20.4 Å². The number of hydrogen-bond acceptors (Lipinski definition) is 7. The van der Waals surface area contributed by atoms with Crippen LogP contribution in [0.25, 0.3) is 0 Å². The van der Waals surface area contributed by atoms with E-state index >= 15 is 0 Å². The van der Waals surface area contributed by atoms with Gasteiger partial charge >= 0.3 is 23.9 Å². The summed E-state index contributed by atoms with van der Waals surface area (Å²) in [5, 5.41) is 35.6. The molecule has 0 fully saturated rings. The molecule has 0 aliphatic heterocycles. The highest BCUT2D eigenvalue weighted by molar-refractivity contribution is 5.73. The summed E-state index contributed by atoms with van der Waals surface area (Å²) in [6.07, 6.45) is 0. The van der Waals surface area contributed by atoms with Crippen LogP contribution in [0.5, 0.6) is 0 Å². The van der Waals surface area contributed by atoms with Gasteiger partial charge in [0.15, 0.2) is 0 Å². The normalized spacial score (nSPS) is 10.9. The Hall–Kier alpha value is -3.05. The molecule has 11 heteroatoms. The first-order chi connectivity index (χ1) is 12.5. The summed E-state index contributed by atoms with van der Waals surface area (Å²) in [6.45, 7) is -0.270. The first kappa shape index (κ1) is 22.0. The van der Waals surface area contributed by atoms with Gasteiger partial charge < -0.3 is 20.4 Å². The molecule has 148 valence electrons. The number of carbonyl (C=O) groups is 4. The Morgan fingerprint density at radius 3 is 1.30 bits per heavy atom. The van der Waals surface area contributed by atoms with Gasteiger partial charge in [0, 0.05) is 13.1 Å². The van der Waals surface area contributed by atoms with Crippen LogP contribution in [0.2, 0.25) is 0 Å². The van der Waals surface area contributed by atoms with Crippen molar-refractivity contribution < 1.29 is 39.6 Å². The third-order valence-electron chi connectivity index (χ3n) is 3.28. The van der Waals surface area contributed by atoms with Gasteiger partial charge in [-0.1, -0.05) is 0 Å². The summed E-state index contributed by atoms with van der Waals surface area (Å²) in [6, 6.07) is 3.30. The summed E-state index contributed by atoms with van der Waals surface area (Å²) in [4.78, 5) is 50.2. The number of aryl methyl sites for hydroxylation is 1. The molecule has 0 aromatic carbocycles. The van der Waals surface area contributed by atoms with Crippen molar-refractivity contribution in [2.45, 2.75) is 20.0 Å². The zero-order valence-electron chi connectivity index (χ0n) is 14.7. The van der Waals surface area contributed by atoms with E-state index in [-0.39, 0.29) is 13.1 Å². The average Bonchev–Trinajstić information content (AvgIpc) is 2.42. The van der Waals surface area contributed by atoms with E-state index in [1.54, 1.807) is 19.1 Å². The van der Waals surface area contributed by atoms with Crippen LogP contribution in [0.3, 0.4) is 0 Å². The molecule has 0 unspecified atom stereocenters. The van der Waals surface area contributed by atoms with E-state index in [9.17, 15) is 19.2 Å². The summed E-state index contributed by atoms with van der Waals surface area (Å²) >= 11 is 0. The number of aliphatic carboxylic acids is 4. The second-order valence-electron chi connectivity index (χ2n) is 5.99. The lowest BCUT2D eigenvalue weighted by Crippen LogP contribution is -2.35. The van der Waals surface area contributed by atoms with E-state index in [0.717, 1.165) is 5.56 Å². The maximum Gasteiger partial charge on any atom is 0.317 e. The van der Waals surface area contributed by atoms with Crippen LogP contribution >= 0.6 is 0 Å². The number of hydrogen-bond donors (Lipinski definition) is 4. The van der Waals surface area contributed by atoms with Crippen LogP contribution in [0.1, 0.15) is 17.0 Å². The van der Waals surface area contributed by atoms with E-state index in [0.29, 0.717) is 11.4 Å². The highest BCUT2D eigenvalue weighted by Crippen LogP contribution is 2.10. The summed E-state index contributed by atoms with van der Waals surface area (Å²) in [5.74, 6) is -4.73. The van der Waals surface area contributed by atoms with Crippen molar-refractivity contribution in [3.63, 3.8) is 0 Å². The minimum Gasteiger partial charge on any atom is -0.480 e. The van der Waals surface area contributed by atoms with E-state index in [1.165, 1.54) is 9.80 Å². The molecule has 0 radical (unpaired) electrons. The minimum atomic E-state index is -1.18. The third-order valence-corrected chi connectivity index (χ3v) is 3.28. The van der Waals surface area contributed by atoms with E-state index in [1.807, 2.05) is 0 Å². The summed E-state index contributed by atoms with van der Waals surface area (Å²) < 4.78 is 0. The van der Waals surface area contributed by atoms with Gasteiger partial charge in [-0.3, -0.25) is 34.0 Å². The standard InChI is InChI=1S/C16H21N3O8/c1-10-2-11(4-18(6-13(20)21)7-14(22)23)17-12(3-10)5-19(8-15(24)25)9-16(26)27/h2-3H,4-9H2,1H3,(H,20,21)(H,22,23)(H,24,25)(H,26,27). The first-order valence-electron chi connectivity index (χ1n) is 7.83. The van der Waals surface area contributed by atoms with Crippen LogP contribution in [0.15, 0.2) is 12.1 Å². The molecule has 0 aliphatic carbocycles. The van der Waals surface area contributed by atoms with Gasteiger partial charge in [0.05, 0.1) is 37.6 Å². The molecule has 1 aromatic rings. The third kappa shape index (κ3) is 9.28. The van der Waals surface area contributed by atoms with Gasteiger partial charge in [-0.2, -0.15) is 0 Å². The molecule has 4 N–H and O–H groups in total. The van der Waals surface area contributed by atoms with Gasteiger partial charge in [-0.25, -0.2) is 0 Å². The van der Waals surface area contributed by atoms with Crippen molar-refractivity contribution in [3.8, 4) is 0 Å². The Balaban J connectivity index is 2.99. The number of carboxylic acids is 4. The van der Waals surface area contributed by atoms with Crippen LogP contribution in [-0.4, -0.2) is 85.3 Å². The zero-order valence-corrected chi connectivity index (χ0v) is 14.7. The average molecular weight is 383 g/mol. The van der Waals surface area contributed by atoms with Gasteiger partial charge in [0.1, 0.15) is 0 Å². The van der Waals surface area contributed by atoms with Crippen LogP contribution in [0.4, 0.5) is 0 Å². The minimum absolute atomic E-state index is 0.0366. The summed E-state index contributed by atoms with van der Waals surface area (Å²) in [5.41, 5.74) is 1.54. The molecule has 1 heterocycles. The SMILES string of the molecule is Cc1cc(CN(CC(=O)O)CC(=O)O)nc(CN(CC(=O)O)CC(=O)O)c1. The lowest BCUT2D eigenvalue weighted by molar-refractivity contribution is -0.144. The Morgan fingerprint density at radius 1 is 0.741 bits per heavy atom. The molecule has 0 aliphatic rings. The lowest BCUT2D eigenvalue weighted by Gasteiger charge is -2.20. The monoisotopic (exact) mass is 383 g/mol. The largest absolute Gasteiger partial charge is 0.480 e. The molecule has 0 amide bonds. The maximum absolute atomic E-state index is 10.9. The van der Waals surface area contributed by atoms with Gasteiger partial charge in [0.25, 0.3) is 0 Å². The maximum atomic E-state index is 10.9. The Morgan fingerprint density at radius 2 is 1.04 bits per heavy atom. The van der Waals surface area contributed by atoms with Crippen molar-refractivity contribution in [2.24, 2.45) is 0 Å². The molecule has 0 saturated carbocycles. The predicted molar refractivity (Wildman–Crippen MR) is 90.1 cm³/mol. The highest BCUT2D eigenvalue weighted by Gasteiger charge is 2.17. The van der Waals surface area contributed by atoms with Crippen LogP contribution in [0, 0.1) is 6.92 Å². The van der Waals surface area contributed by atoms with Crippen LogP contribution < -0.4 is 0 Å². The number of pyridine rings is 1. The molecule has 0 bridgehead atoms. The summed E-state index contributed by atoms with van der Waals surface area (Å²) in [7, 11) is 0. The molecule has 0 atom stereocenters. The Labute approximate surface area is 154 Å². The Kier molecular flexibility index (Phi) is 8.30. The number of aromatic nitrogens is 1. The quantitative estimate of drug-likeness (QED) is 0.361. The Bertz CT molecular complexity index is 633. The van der Waals surface area contributed by atoms with Gasteiger partial charge in [-0.15, -0.1) is 0 Å². The fraction of sp³-hybridized carbons (Fsp3) is 0.438. The van der Waals surface area contributed by atoms with Crippen molar-refractivity contribution >= 4 is 23.9 Å². The number of carboxylic acid groups (broad SMARTS) is 4. The fourth-order valence-corrected chi connectivity index (χ4v) is 2.54. The smallest absolute Gasteiger partial charge is 0.317 e. The molecule has 1 aromatic heterocycles. The van der Waals surface area contributed by atoms with E-state index < -0.39 is 50.1 Å². The molecular weight excluding hydrogens is 362 g/mol. The molecule has 0 spiro atoms. The zero-order chi connectivity index (χ0) is 20.6. The van der Waals surface area contributed by atoms with Gasteiger partial charge in [-0.05, 0) is 24.6 Å². The van der Waals surface area contributed by atoms with Crippen molar-refractivity contribution in [1.82, 2.24) is 14.8 Å². The molecule has 1 rings (SSSR count). The van der Waals surface area contributed by atoms with Crippen LogP contribution in [-0.2, 0) is 32.3 Å². The molecular formula is C16H21N3O8. The number of nitrogens with zero attached hydrogens (tertiary/aromatic N) is 3. The van der Waals surface area contributed by atoms with Crippen molar-refractivity contribution in [3.05, 3.63) is 29.1 Å². The molecule has 11 nitrogen and oxygen atoms in total. The molecule has 27 heavy (non-hydrogen) atoms. The lowest BCUT2D eigenvalue weighted by atomic mass is 10.2. The van der Waals surface area contributed by atoms with Crippen molar-refractivity contribution in [1.29, 1.82) is 0 Å². The number of rotatable bonds is 12. The van der Waals surface area contributed by atoms with E-state index in [2.05, 4.69) is 4.98 Å². The second-order valence-corrected chi connectivity index (χ2v) is 5.99. The fourth-order valence-electron chi connectivity index (χ4n) is 2.54. The van der Waals surface area contributed by atoms with Gasteiger partial charge in [0.2, 0.25) is 0 Å². The highest BCUT2D eigenvalue weighted by atomic mass is 16.4. The first-order valence-corrected chi connectivity index (χ1v) is 7.83.